The van der Waals surface area contributed by atoms with Gasteiger partial charge in [0, 0.05) is 36.3 Å². The Kier molecular flexibility index (Phi) is 6.97. The van der Waals surface area contributed by atoms with Crippen LogP contribution in [0.15, 0.2) is 43.1 Å². The Balaban J connectivity index is 1.65. The first kappa shape index (κ1) is 23.1. The summed E-state index contributed by atoms with van der Waals surface area (Å²) in [5.74, 6) is -2.24. The first-order valence-corrected chi connectivity index (χ1v) is 10.7. The van der Waals surface area contributed by atoms with Crippen molar-refractivity contribution in [1.29, 1.82) is 0 Å². The van der Waals surface area contributed by atoms with Crippen LogP contribution in [0.3, 0.4) is 0 Å². The van der Waals surface area contributed by atoms with Gasteiger partial charge in [0.15, 0.2) is 17.4 Å². The number of tetrazole rings is 1. The molecule has 12 heteroatoms. The number of nitrogens with two attached hydrogens (primary N) is 1. The molecule has 0 atom stereocenters. The second-order valence-corrected chi connectivity index (χ2v) is 7.28. The molecule has 4 aromatic rings. The number of aromatic nitrogens is 7. The molecular weight excluding hydrogens is 444 g/mol. The number of likely N-dealkylation sites (N-methyl/N-ethyl adjacent to an activating group) is 1. The van der Waals surface area contributed by atoms with Crippen molar-refractivity contribution in [2.24, 2.45) is 0 Å². The summed E-state index contributed by atoms with van der Waals surface area (Å²) in [6.07, 6.45) is 6.18. The van der Waals surface area contributed by atoms with E-state index < -0.39 is 11.6 Å². The van der Waals surface area contributed by atoms with Crippen LogP contribution in [-0.4, -0.2) is 66.3 Å². The van der Waals surface area contributed by atoms with Crippen LogP contribution in [-0.2, 0) is 0 Å². The number of nitrogens with zero attached hydrogens (tertiary/aromatic N) is 8. The summed E-state index contributed by atoms with van der Waals surface area (Å²) in [4.78, 5) is 14.3. The van der Waals surface area contributed by atoms with Gasteiger partial charge in [-0.1, -0.05) is 13.8 Å². The van der Waals surface area contributed by atoms with Crippen LogP contribution in [0.1, 0.15) is 13.8 Å². The van der Waals surface area contributed by atoms with E-state index in [4.69, 9.17) is 10.5 Å². The number of pyridine rings is 1. The first-order chi connectivity index (χ1) is 16.5. The highest BCUT2D eigenvalue weighted by Crippen LogP contribution is 2.31. The molecular formula is C22H23F2N9O. The number of nitrogen functional groups attached to an aromatic ring is 1. The summed E-state index contributed by atoms with van der Waals surface area (Å²) in [6, 6.07) is 4.38. The third-order valence-corrected chi connectivity index (χ3v) is 5.34. The third kappa shape index (κ3) is 4.66. The lowest BCUT2D eigenvalue weighted by molar-refractivity contribution is 0.215. The summed E-state index contributed by atoms with van der Waals surface area (Å²) in [7, 11) is 0. The Morgan fingerprint density at radius 3 is 2.53 bits per heavy atom. The SMILES string of the molecule is CCN(CC)CCOc1ccc(-n2nnnc2-c2cc(-c3cncnc3)cnc2N)c(F)c1F. The number of hydrogen-bond donors (Lipinski definition) is 1. The van der Waals surface area contributed by atoms with Gasteiger partial charge in [0.1, 0.15) is 24.4 Å². The first-order valence-electron chi connectivity index (χ1n) is 10.7. The van der Waals surface area contributed by atoms with Crippen molar-refractivity contribution in [2.45, 2.75) is 13.8 Å². The molecule has 2 N–H and O–H groups in total. The Bertz CT molecular complexity index is 1260. The minimum Gasteiger partial charge on any atom is -0.489 e. The maximum absolute atomic E-state index is 15.0. The van der Waals surface area contributed by atoms with Gasteiger partial charge in [-0.05, 0) is 41.7 Å². The van der Waals surface area contributed by atoms with Crippen LogP contribution >= 0.6 is 0 Å². The second-order valence-electron chi connectivity index (χ2n) is 7.28. The van der Waals surface area contributed by atoms with Crippen molar-refractivity contribution in [3.8, 4) is 34.0 Å². The molecule has 0 saturated heterocycles. The standard InChI is InChI=1S/C22H23F2N9O/c1-3-32(4-2)7-8-34-18-6-5-17(19(23)20(18)24)33-22(29-30-31-33)16-9-14(12-28-21(16)25)15-10-26-13-27-11-15/h5-6,9-13H,3-4,7-8H2,1-2H3,(H2,25,28). The number of hydrogen-bond acceptors (Lipinski definition) is 9. The Morgan fingerprint density at radius 2 is 1.79 bits per heavy atom. The number of ether oxygens (including phenoxy) is 1. The average Bonchev–Trinajstić information content (AvgIpc) is 3.34. The van der Waals surface area contributed by atoms with Crippen LogP contribution in [0.2, 0.25) is 0 Å². The summed E-state index contributed by atoms with van der Waals surface area (Å²) < 4.78 is 36.4. The average molecular weight is 467 g/mol. The molecule has 0 amide bonds. The van der Waals surface area contributed by atoms with Crippen molar-refractivity contribution in [3.05, 3.63) is 54.8 Å². The zero-order valence-electron chi connectivity index (χ0n) is 18.7. The number of rotatable bonds is 9. The largest absolute Gasteiger partial charge is 0.489 e. The van der Waals surface area contributed by atoms with Gasteiger partial charge < -0.3 is 15.4 Å². The highest BCUT2D eigenvalue weighted by molar-refractivity contribution is 5.76. The van der Waals surface area contributed by atoms with Gasteiger partial charge in [0.25, 0.3) is 0 Å². The lowest BCUT2D eigenvalue weighted by Crippen LogP contribution is -2.28. The molecule has 176 valence electrons. The van der Waals surface area contributed by atoms with Crippen molar-refractivity contribution in [3.63, 3.8) is 0 Å². The quantitative estimate of drug-likeness (QED) is 0.396. The molecule has 4 rings (SSSR count). The summed E-state index contributed by atoms with van der Waals surface area (Å²) >= 11 is 0. The van der Waals surface area contributed by atoms with Gasteiger partial charge in [-0.3, -0.25) is 0 Å². The number of anilines is 1. The molecule has 10 nitrogen and oxygen atoms in total. The van der Waals surface area contributed by atoms with Crippen LogP contribution in [0.5, 0.6) is 5.75 Å². The Hall–Kier alpha value is -4.06. The van der Waals surface area contributed by atoms with Crippen molar-refractivity contribution < 1.29 is 13.5 Å². The zero-order valence-corrected chi connectivity index (χ0v) is 18.7. The van der Waals surface area contributed by atoms with Crippen LogP contribution in [0.4, 0.5) is 14.6 Å². The lowest BCUT2D eigenvalue weighted by atomic mass is 10.1. The van der Waals surface area contributed by atoms with E-state index in [0.29, 0.717) is 23.2 Å². The van der Waals surface area contributed by atoms with Crippen molar-refractivity contribution >= 4 is 5.82 Å². The molecule has 0 aliphatic rings. The van der Waals surface area contributed by atoms with Gasteiger partial charge in [-0.2, -0.15) is 9.07 Å². The molecule has 0 aliphatic carbocycles. The normalized spacial score (nSPS) is 11.2. The number of benzene rings is 1. The lowest BCUT2D eigenvalue weighted by Gasteiger charge is -2.18. The molecule has 0 bridgehead atoms. The van der Waals surface area contributed by atoms with Gasteiger partial charge in [-0.25, -0.2) is 19.3 Å². The molecule has 0 unspecified atom stereocenters. The van der Waals surface area contributed by atoms with E-state index in [1.54, 1.807) is 24.7 Å². The van der Waals surface area contributed by atoms with E-state index in [-0.39, 0.29) is 29.7 Å². The molecule has 34 heavy (non-hydrogen) atoms. The Morgan fingerprint density at radius 1 is 1.03 bits per heavy atom. The van der Waals surface area contributed by atoms with Crippen LogP contribution in [0.25, 0.3) is 28.2 Å². The van der Waals surface area contributed by atoms with E-state index in [0.717, 1.165) is 17.8 Å². The third-order valence-electron chi connectivity index (χ3n) is 5.34. The highest BCUT2D eigenvalue weighted by Gasteiger charge is 2.22. The van der Waals surface area contributed by atoms with Gasteiger partial charge in [0.05, 0.1) is 5.56 Å². The van der Waals surface area contributed by atoms with E-state index >= 15 is 4.39 Å². The van der Waals surface area contributed by atoms with Crippen LogP contribution in [0, 0.1) is 11.6 Å². The minimum absolute atomic E-state index is 0.0946. The predicted molar refractivity (Wildman–Crippen MR) is 121 cm³/mol. The van der Waals surface area contributed by atoms with E-state index in [2.05, 4.69) is 35.4 Å². The topological polar surface area (TPSA) is 121 Å². The molecule has 0 fully saturated rings. The molecule has 3 heterocycles. The minimum atomic E-state index is -1.15. The molecule has 1 aromatic carbocycles. The Labute approximate surface area is 194 Å². The monoisotopic (exact) mass is 467 g/mol. The fraction of sp³-hybridized carbons (Fsp3) is 0.273. The van der Waals surface area contributed by atoms with Gasteiger partial charge in [0.2, 0.25) is 5.82 Å². The van der Waals surface area contributed by atoms with Crippen LogP contribution < -0.4 is 10.5 Å². The molecule has 0 saturated carbocycles. The summed E-state index contributed by atoms with van der Waals surface area (Å²) in [5.41, 5.74) is 7.55. The van der Waals surface area contributed by atoms with E-state index in [1.165, 1.54) is 18.5 Å². The van der Waals surface area contributed by atoms with Gasteiger partial charge in [-0.15, -0.1) is 5.10 Å². The molecule has 3 aromatic heterocycles. The molecule has 0 radical (unpaired) electrons. The maximum atomic E-state index is 15.0. The predicted octanol–water partition coefficient (Wildman–Crippen LogP) is 2.76. The molecule has 0 aliphatic heterocycles. The fourth-order valence-electron chi connectivity index (χ4n) is 3.40. The fourth-order valence-corrected chi connectivity index (χ4v) is 3.40. The summed E-state index contributed by atoms with van der Waals surface area (Å²) in [5, 5.41) is 11.4. The van der Waals surface area contributed by atoms with E-state index in [9.17, 15) is 4.39 Å². The number of halogens is 2. The molecule has 0 spiro atoms. The van der Waals surface area contributed by atoms with Crippen molar-refractivity contribution in [2.75, 3.05) is 32.0 Å². The zero-order chi connectivity index (χ0) is 24.1. The highest BCUT2D eigenvalue weighted by atomic mass is 19.2. The smallest absolute Gasteiger partial charge is 0.202 e. The second kappa shape index (κ2) is 10.3. The maximum Gasteiger partial charge on any atom is 0.202 e. The summed E-state index contributed by atoms with van der Waals surface area (Å²) in [6.45, 7) is 6.55. The van der Waals surface area contributed by atoms with E-state index in [1.807, 2.05) is 13.8 Å². The van der Waals surface area contributed by atoms with Gasteiger partial charge >= 0.3 is 0 Å². The van der Waals surface area contributed by atoms with Crippen molar-refractivity contribution in [1.82, 2.24) is 40.1 Å².